The summed E-state index contributed by atoms with van der Waals surface area (Å²) in [6.07, 6.45) is -0.0558. The number of fused-ring (bicyclic) bond motifs is 1. The first kappa shape index (κ1) is 9.71. The third kappa shape index (κ3) is 1.98. The van der Waals surface area contributed by atoms with E-state index in [0.29, 0.717) is 0 Å². The van der Waals surface area contributed by atoms with E-state index in [1.54, 1.807) is 0 Å². The van der Waals surface area contributed by atoms with E-state index in [9.17, 15) is 4.79 Å². The number of hydrogen-bond acceptors (Lipinski definition) is 3. The lowest BCUT2D eigenvalue weighted by Crippen LogP contribution is -2.17. The molecule has 4 heteroatoms. The summed E-state index contributed by atoms with van der Waals surface area (Å²) < 4.78 is 5.30. The predicted octanol–water partition coefficient (Wildman–Crippen LogP) is 1.71. The van der Waals surface area contributed by atoms with Crippen molar-refractivity contribution in [2.75, 3.05) is 0 Å². The molecule has 4 nitrogen and oxygen atoms in total. The predicted molar refractivity (Wildman–Crippen MR) is 58.1 cm³/mol. The molecule has 1 aromatic carbocycles. The van der Waals surface area contributed by atoms with E-state index in [1.807, 2.05) is 38.1 Å². The average molecular weight is 204 g/mol. The minimum Gasteiger partial charge on any atom is -0.471 e. The summed E-state index contributed by atoms with van der Waals surface area (Å²) in [6.45, 7) is 3.71. The number of H-pyrrole nitrogens is 1. The number of para-hydroxylation sites is 2. The number of hydrogen-bond donors (Lipinski definition) is 1. The Morgan fingerprint density at radius 2 is 2.07 bits per heavy atom. The maximum absolute atomic E-state index is 11.5. The number of aromatic amines is 1. The maximum Gasteiger partial charge on any atom is 0.311 e. The Labute approximate surface area is 86.9 Å². The molecule has 2 aromatic rings. The minimum atomic E-state index is -0.289. The molecule has 78 valence electrons. The molecule has 0 aliphatic heterocycles. The highest BCUT2D eigenvalue weighted by Gasteiger charge is 2.06. The van der Waals surface area contributed by atoms with Gasteiger partial charge in [-0.25, -0.2) is 4.98 Å². The van der Waals surface area contributed by atoms with Gasteiger partial charge in [0.15, 0.2) is 0 Å². The normalized spacial score (nSPS) is 10.9. The largest absolute Gasteiger partial charge is 0.471 e. The minimum absolute atomic E-state index is 0.0558. The molecule has 0 saturated carbocycles. The van der Waals surface area contributed by atoms with Gasteiger partial charge in [0.1, 0.15) is 0 Å². The van der Waals surface area contributed by atoms with Gasteiger partial charge in [-0.1, -0.05) is 12.1 Å². The zero-order chi connectivity index (χ0) is 10.8. The third-order valence-corrected chi connectivity index (χ3v) is 1.92. The van der Waals surface area contributed by atoms with Crippen molar-refractivity contribution in [2.24, 2.45) is 0 Å². The SMILES string of the molecule is CC(C)Oc1nc2ccccc2[nH]c1=O. The number of ether oxygens (including phenoxy) is 1. The molecule has 1 heterocycles. The van der Waals surface area contributed by atoms with Crippen molar-refractivity contribution in [1.29, 1.82) is 0 Å². The number of nitrogens with one attached hydrogen (secondary N) is 1. The van der Waals surface area contributed by atoms with Crippen molar-refractivity contribution in [3.05, 3.63) is 34.6 Å². The quantitative estimate of drug-likeness (QED) is 0.810. The van der Waals surface area contributed by atoms with Crippen molar-refractivity contribution < 1.29 is 4.74 Å². The molecule has 0 saturated heterocycles. The lowest BCUT2D eigenvalue weighted by molar-refractivity contribution is 0.230. The first-order valence-electron chi connectivity index (χ1n) is 4.82. The summed E-state index contributed by atoms with van der Waals surface area (Å²) in [4.78, 5) is 18.4. The first-order valence-corrected chi connectivity index (χ1v) is 4.82. The molecule has 0 aliphatic carbocycles. The number of nitrogens with zero attached hydrogens (tertiary/aromatic N) is 1. The van der Waals surface area contributed by atoms with Crippen molar-refractivity contribution >= 4 is 11.0 Å². The van der Waals surface area contributed by atoms with E-state index in [0.717, 1.165) is 11.0 Å². The van der Waals surface area contributed by atoms with Crippen LogP contribution in [0.1, 0.15) is 13.8 Å². The van der Waals surface area contributed by atoms with Crippen LogP contribution in [0.2, 0.25) is 0 Å². The zero-order valence-corrected chi connectivity index (χ0v) is 8.65. The van der Waals surface area contributed by atoms with Crippen molar-refractivity contribution in [2.45, 2.75) is 20.0 Å². The molecule has 0 fully saturated rings. The van der Waals surface area contributed by atoms with Gasteiger partial charge in [0.25, 0.3) is 5.88 Å². The van der Waals surface area contributed by atoms with Gasteiger partial charge in [-0.3, -0.25) is 4.79 Å². The fraction of sp³-hybridized carbons (Fsp3) is 0.273. The van der Waals surface area contributed by atoms with Crippen LogP contribution in [0, 0.1) is 0 Å². The fourth-order valence-electron chi connectivity index (χ4n) is 1.32. The highest BCUT2D eigenvalue weighted by Crippen LogP contribution is 2.09. The van der Waals surface area contributed by atoms with Crippen LogP contribution < -0.4 is 10.3 Å². The summed E-state index contributed by atoms with van der Waals surface area (Å²) in [7, 11) is 0. The Morgan fingerprint density at radius 1 is 1.33 bits per heavy atom. The molecule has 2 rings (SSSR count). The van der Waals surface area contributed by atoms with Crippen LogP contribution in [0.15, 0.2) is 29.1 Å². The van der Waals surface area contributed by atoms with Gasteiger partial charge >= 0.3 is 5.56 Å². The van der Waals surface area contributed by atoms with Crippen LogP contribution in [0.4, 0.5) is 0 Å². The molecule has 1 N–H and O–H groups in total. The number of benzene rings is 1. The monoisotopic (exact) mass is 204 g/mol. The Balaban J connectivity index is 2.57. The standard InChI is InChI=1S/C11H12N2O2/c1-7(2)15-11-10(14)12-8-5-3-4-6-9(8)13-11/h3-7H,1-2H3,(H,12,14). The fourth-order valence-corrected chi connectivity index (χ4v) is 1.32. The second-order valence-corrected chi connectivity index (χ2v) is 3.55. The summed E-state index contributed by atoms with van der Waals surface area (Å²) >= 11 is 0. The van der Waals surface area contributed by atoms with Gasteiger partial charge in [-0.05, 0) is 26.0 Å². The van der Waals surface area contributed by atoms with Crippen molar-refractivity contribution in [3.8, 4) is 5.88 Å². The molecule has 15 heavy (non-hydrogen) atoms. The molecule has 0 radical (unpaired) electrons. The molecule has 0 atom stereocenters. The lowest BCUT2D eigenvalue weighted by Gasteiger charge is -2.07. The maximum atomic E-state index is 11.5. The second kappa shape index (κ2) is 3.73. The van der Waals surface area contributed by atoms with Crippen molar-refractivity contribution in [1.82, 2.24) is 9.97 Å². The Hall–Kier alpha value is -1.84. The van der Waals surface area contributed by atoms with Crippen LogP contribution in [0.5, 0.6) is 5.88 Å². The van der Waals surface area contributed by atoms with Crippen LogP contribution in [-0.2, 0) is 0 Å². The number of rotatable bonds is 2. The van der Waals surface area contributed by atoms with Crippen molar-refractivity contribution in [3.63, 3.8) is 0 Å². The molecule has 0 bridgehead atoms. The van der Waals surface area contributed by atoms with E-state index in [2.05, 4.69) is 9.97 Å². The third-order valence-electron chi connectivity index (χ3n) is 1.92. The molecule has 0 unspecified atom stereocenters. The molecule has 0 aliphatic rings. The van der Waals surface area contributed by atoms with Gasteiger partial charge in [0, 0.05) is 0 Å². The highest BCUT2D eigenvalue weighted by molar-refractivity contribution is 5.73. The van der Waals surface area contributed by atoms with E-state index in [-0.39, 0.29) is 17.5 Å². The molecule has 0 spiro atoms. The van der Waals surface area contributed by atoms with Gasteiger partial charge in [-0.2, -0.15) is 0 Å². The van der Waals surface area contributed by atoms with E-state index < -0.39 is 0 Å². The Kier molecular flexibility index (Phi) is 2.41. The van der Waals surface area contributed by atoms with Crippen LogP contribution in [0.3, 0.4) is 0 Å². The second-order valence-electron chi connectivity index (χ2n) is 3.55. The first-order chi connectivity index (χ1) is 7.16. The number of aromatic nitrogens is 2. The lowest BCUT2D eigenvalue weighted by atomic mass is 10.3. The Morgan fingerprint density at radius 3 is 2.80 bits per heavy atom. The average Bonchev–Trinajstić information content (AvgIpc) is 2.18. The van der Waals surface area contributed by atoms with E-state index in [4.69, 9.17) is 4.74 Å². The Bertz CT molecular complexity index is 531. The van der Waals surface area contributed by atoms with E-state index >= 15 is 0 Å². The smallest absolute Gasteiger partial charge is 0.311 e. The molecule has 0 amide bonds. The highest BCUT2D eigenvalue weighted by atomic mass is 16.5. The summed E-state index contributed by atoms with van der Waals surface area (Å²) in [5.74, 6) is 0.128. The van der Waals surface area contributed by atoms with Gasteiger partial charge in [0.05, 0.1) is 17.1 Å². The summed E-state index contributed by atoms with van der Waals surface area (Å²) in [5, 5.41) is 0. The van der Waals surface area contributed by atoms with Crippen LogP contribution >= 0.6 is 0 Å². The summed E-state index contributed by atoms with van der Waals surface area (Å²) in [6, 6.07) is 7.36. The van der Waals surface area contributed by atoms with Gasteiger partial charge in [-0.15, -0.1) is 0 Å². The van der Waals surface area contributed by atoms with Crippen LogP contribution in [0.25, 0.3) is 11.0 Å². The molecular weight excluding hydrogens is 192 g/mol. The van der Waals surface area contributed by atoms with Crippen LogP contribution in [-0.4, -0.2) is 16.1 Å². The van der Waals surface area contributed by atoms with E-state index in [1.165, 1.54) is 0 Å². The zero-order valence-electron chi connectivity index (χ0n) is 8.65. The molecule has 1 aromatic heterocycles. The topological polar surface area (TPSA) is 55.0 Å². The molecular formula is C11H12N2O2. The summed E-state index contributed by atoms with van der Waals surface area (Å²) in [5.41, 5.74) is 1.16. The van der Waals surface area contributed by atoms with Gasteiger partial charge in [0.2, 0.25) is 0 Å². The van der Waals surface area contributed by atoms with Gasteiger partial charge < -0.3 is 9.72 Å².